The SMILES string of the molecule is CCOC(=O)C1=C(CP(=O)(c2ccccc2)c2ccccc2)NC(=S)N[C@@H]1c1ccc(Cl)cc1. The van der Waals surface area contributed by atoms with Crippen LogP contribution in [0, 0.1) is 0 Å². The number of allylic oxidation sites excluding steroid dienone is 1. The van der Waals surface area contributed by atoms with Crippen LogP contribution in [0.25, 0.3) is 0 Å². The highest BCUT2D eigenvalue weighted by molar-refractivity contribution is 7.80. The standard InChI is InChI=1S/C26H24ClN2O3PS/c1-2-32-25(30)23-22(28-26(34)29-24(23)18-13-15-19(27)16-14-18)17-33(31,20-9-5-3-6-10-20)21-11-7-4-8-12-21/h3-16,24H,2,17H2,1H3,(H2,28,29,34)/t24-/m1/s1. The van der Waals surface area contributed by atoms with Crippen molar-refractivity contribution in [2.75, 3.05) is 12.8 Å². The number of esters is 1. The summed E-state index contributed by atoms with van der Waals surface area (Å²) in [6, 6.07) is 25.3. The summed E-state index contributed by atoms with van der Waals surface area (Å²) in [6.45, 7) is 1.96. The van der Waals surface area contributed by atoms with E-state index in [-0.39, 0.29) is 12.8 Å². The second kappa shape index (κ2) is 10.6. The Kier molecular flexibility index (Phi) is 7.52. The summed E-state index contributed by atoms with van der Waals surface area (Å²) >= 11 is 11.6. The first-order chi connectivity index (χ1) is 16.4. The summed E-state index contributed by atoms with van der Waals surface area (Å²) < 4.78 is 20.1. The molecule has 0 saturated heterocycles. The van der Waals surface area contributed by atoms with E-state index in [2.05, 4.69) is 10.6 Å². The van der Waals surface area contributed by atoms with Crippen LogP contribution in [0.15, 0.2) is 96.2 Å². The van der Waals surface area contributed by atoms with Crippen molar-refractivity contribution in [1.82, 2.24) is 10.6 Å². The second-order valence-electron chi connectivity index (χ2n) is 7.76. The minimum absolute atomic E-state index is 0.0844. The fraction of sp³-hybridized carbons (Fsp3) is 0.154. The first-order valence-corrected chi connectivity index (χ1v) is 13.5. The molecule has 3 aromatic carbocycles. The number of hydrogen-bond donors (Lipinski definition) is 2. The van der Waals surface area contributed by atoms with Crippen molar-refractivity contribution in [3.8, 4) is 0 Å². The lowest BCUT2D eigenvalue weighted by Crippen LogP contribution is -2.47. The number of hydrogen-bond acceptors (Lipinski definition) is 4. The Morgan fingerprint density at radius 2 is 1.53 bits per heavy atom. The van der Waals surface area contributed by atoms with Gasteiger partial charge in [-0.15, -0.1) is 0 Å². The second-order valence-corrected chi connectivity index (χ2v) is 11.4. The number of carbonyl (C=O) groups excluding carboxylic acids is 1. The highest BCUT2D eigenvalue weighted by Crippen LogP contribution is 2.46. The number of benzene rings is 3. The van der Waals surface area contributed by atoms with Gasteiger partial charge in [-0.3, -0.25) is 0 Å². The topological polar surface area (TPSA) is 67.4 Å². The Balaban J connectivity index is 1.88. The van der Waals surface area contributed by atoms with Crippen molar-refractivity contribution in [3.05, 3.63) is 107 Å². The third-order valence-electron chi connectivity index (χ3n) is 5.58. The maximum atomic E-state index is 14.7. The molecule has 34 heavy (non-hydrogen) atoms. The van der Waals surface area contributed by atoms with E-state index in [1.807, 2.05) is 72.8 Å². The molecular weight excluding hydrogens is 487 g/mol. The Morgan fingerprint density at radius 1 is 0.971 bits per heavy atom. The molecular formula is C26H24ClN2O3PS. The van der Waals surface area contributed by atoms with Crippen LogP contribution in [0.3, 0.4) is 0 Å². The van der Waals surface area contributed by atoms with Gasteiger partial charge in [-0.1, -0.05) is 84.4 Å². The van der Waals surface area contributed by atoms with Crippen LogP contribution >= 0.6 is 31.0 Å². The van der Waals surface area contributed by atoms with E-state index in [9.17, 15) is 9.36 Å². The van der Waals surface area contributed by atoms with Gasteiger partial charge in [-0.05, 0) is 36.8 Å². The first kappa shape index (κ1) is 24.2. The summed E-state index contributed by atoms with van der Waals surface area (Å²) in [5, 5.41) is 8.61. The highest BCUT2D eigenvalue weighted by Gasteiger charge is 2.37. The van der Waals surface area contributed by atoms with Gasteiger partial charge in [-0.25, -0.2) is 4.79 Å². The van der Waals surface area contributed by atoms with Crippen molar-refractivity contribution in [2.24, 2.45) is 0 Å². The average Bonchev–Trinajstić information content (AvgIpc) is 2.85. The van der Waals surface area contributed by atoms with Gasteiger partial charge >= 0.3 is 5.97 Å². The monoisotopic (exact) mass is 510 g/mol. The zero-order chi connectivity index (χ0) is 24.1. The summed E-state index contributed by atoms with van der Waals surface area (Å²) in [5.74, 6) is -0.493. The normalized spacial score (nSPS) is 15.9. The van der Waals surface area contributed by atoms with Crippen molar-refractivity contribution in [1.29, 1.82) is 0 Å². The van der Waals surface area contributed by atoms with Crippen LogP contribution < -0.4 is 21.2 Å². The van der Waals surface area contributed by atoms with Gasteiger partial charge in [-0.2, -0.15) is 0 Å². The van der Waals surface area contributed by atoms with E-state index in [1.54, 1.807) is 19.1 Å². The summed E-state index contributed by atoms with van der Waals surface area (Å²) in [4.78, 5) is 13.2. The van der Waals surface area contributed by atoms with Crippen LogP contribution in [0.5, 0.6) is 0 Å². The molecule has 1 heterocycles. The minimum atomic E-state index is -3.18. The molecule has 4 rings (SSSR count). The third-order valence-corrected chi connectivity index (χ3v) is 9.08. The summed E-state index contributed by atoms with van der Waals surface area (Å²) in [6.07, 6.45) is 0.0844. The van der Waals surface area contributed by atoms with Crippen LogP contribution in [-0.4, -0.2) is 23.9 Å². The van der Waals surface area contributed by atoms with Crippen LogP contribution in [0.4, 0.5) is 0 Å². The number of nitrogens with one attached hydrogen (secondary N) is 2. The lowest BCUT2D eigenvalue weighted by atomic mass is 9.96. The molecule has 0 saturated carbocycles. The first-order valence-electron chi connectivity index (χ1n) is 10.9. The van der Waals surface area contributed by atoms with Crippen molar-refractivity contribution in [3.63, 3.8) is 0 Å². The van der Waals surface area contributed by atoms with E-state index >= 15 is 0 Å². The lowest BCUT2D eigenvalue weighted by Gasteiger charge is -2.32. The van der Waals surface area contributed by atoms with Crippen LogP contribution in [-0.2, 0) is 14.1 Å². The molecule has 1 atom stereocenters. The van der Waals surface area contributed by atoms with Gasteiger partial charge in [0.15, 0.2) is 5.11 Å². The van der Waals surface area contributed by atoms with Gasteiger partial charge in [0.1, 0.15) is 7.14 Å². The molecule has 0 aliphatic carbocycles. The Hall–Kier alpha value is -2.92. The summed E-state index contributed by atoms with van der Waals surface area (Å²) in [5.41, 5.74) is 1.63. The maximum Gasteiger partial charge on any atom is 0.338 e. The molecule has 2 N–H and O–H groups in total. The molecule has 0 fully saturated rings. The smallest absolute Gasteiger partial charge is 0.338 e. The quantitative estimate of drug-likeness (QED) is 0.273. The number of carbonyl (C=O) groups is 1. The predicted octanol–water partition coefficient (Wildman–Crippen LogP) is 4.69. The molecule has 174 valence electrons. The molecule has 1 aliphatic rings. The largest absolute Gasteiger partial charge is 0.463 e. The highest BCUT2D eigenvalue weighted by atomic mass is 35.5. The van der Waals surface area contributed by atoms with E-state index in [1.165, 1.54) is 0 Å². The van der Waals surface area contributed by atoms with Crippen molar-refractivity contribution in [2.45, 2.75) is 13.0 Å². The Labute approximate surface area is 209 Å². The van der Waals surface area contributed by atoms with E-state index in [0.717, 1.165) is 5.56 Å². The molecule has 0 amide bonds. The average molecular weight is 511 g/mol. The number of ether oxygens (including phenoxy) is 1. The van der Waals surface area contributed by atoms with Gasteiger partial charge in [0.25, 0.3) is 0 Å². The fourth-order valence-corrected chi connectivity index (χ4v) is 7.02. The molecule has 0 spiro atoms. The Morgan fingerprint density at radius 3 is 2.06 bits per heavy atom. The van der Waals surface area contributed by atoms with E-state index < -0.39 is 19.2 Å². The minimum Gasteiger partial charge on any atom is -0.463 e. The van der Waals surface area contributed by atoms with Crippen molar-refractivity contribution < 1.29 is 14.1 Å². The molecule has 3 aromatic rings. The zero-order valence-electron chi connectivity index (χ0n) is 18.5. The van der Waals surface area contributed by atoms with E-state index in [0.29, 0.717) is 32.0 Å². The molecule has 0 bridgehead atoms. The maximum absolute atomic E-state index is 14.7. The fourth-order valence-electron chi connectivity index (χ4n) is 3.99. The van der Waals surface area contributed by atoms with Gasteiger partial charge in [0.2, 0.25) is 0 Å². The number of thiocarbonyl (C=S) groups is 1. The molecule has 0 aromatic heterocycles. The lowest BCUT2D eigenvalue weighted by molar-refractivity contribution is -0.139. The van der Waals surface area contributed by atoms with Gasteiger partial charge in [0, 0.05) is 27.5 Å². The predicted molar refractivity (Wildman–Crippen MR) is 141 cm³/mol. The number of rotatable bonds is 7. The van der Waals surface area contributed by atoms with Gasteiger partial charge < -0.3 is 19.9 Å². The zero-order valence-corrected chi connectivity index (χ0v) is 21.0. The Bertz CT molecular complexity index is 1220. The van der Waals surface area contributed by atoms with Crippen LogP contribution in [0.2, 0.25) is 5.02 Å². The summed E-state index contributed by atoms with van der Waals surface area (Å²) in [7, 11) is -3.18. The third kappa shape index (κ3) is 5.10. The molecule has 8 heteroatoms. The van der Waals surface area contributed by atoms with E-state index in [4.69, 9.17) is 28.6 Å². The molecule has 5 nitrogen and oxygen atoms in total. The molecule has 1 aliphatic heterocycles. The number of halogens is 1. The molecule has 0 unspecified atom stereocenters. The molecule has 0 radical (unpaired) electrons. The van der Waals surface area contributed by atoms with Crippen LogP contribution in [0.1, 0.15) is 18.5 Å². The van der Waals surface area contributed by atoms with Gasteiger partial charge in [0.05, 0.1) is 18.2 Å². The van der Waals surface area contributed by atoms with Crippen molar-refractivity contribution >= 4 is 52.7 Å².